The molecule has 0 bridgehead atoms. The van der Waals surface area contributed by atoms with E-state index >= 15 is 0 Å². The van der Waals surface area contributed by atoms with E-state index in [2.05, 4.69) is 25.3 Å². The lowest BCUT2D eigenvalue weighted by Crippen LogP contribution is -2.28. The molecule has 7 nitrogen and oxygen atoms in total. The number of nitrogens with one attached hydrogen (secondary N) is 2. The Bertz CT molecular complexity index is 826. The average Bonchev–Trinajstić information content (AvgIpc) is 2.66. The zero-order chi connectivity index (χ0) is 20.7. The first kappa shape index (κ1) is 21.1. The summed E-state index contributed by atoms with van der Waals surface area (Å²) in [6.45, 7) is 1.96. The van der Waals surface area contributed by atoms with Crippen LogP contribution < -0.4 is 15.4 Å². The zero-order valence-electron chi connectivity index (χ0n) is 15.2. The molecular weight excluding hydrogens is 377 g/mol. The summed E-state index contributed by atoms with van der Waals surface area (Å²) >= 11 is 0. The number of alkyl halides is 3. The number of nitrogens with zero attached hydrogens (tertiary/aromatic N) is 2. The number of pyridine rings is 2. The molecule has 2 aromatic heterocycles. The second-order valence-corrected chi connectivity index (χ2v) is 5.84. The summed E-state index contributed by atoms with van der Waals surface area (Å²) < 4.78 is 41.0. The van der Waals surface area contributed by atoms with Crippen molar-refractivity contribution < 1.29 is 27.5 Å². The minimum Gasteiger partial charge on any atom is -0.468 e. The van der Waals surface area contributed by atoms with Crippen LogP contribution in [0.1, 0.15) is 42.4 Å². The van der Waals surface area contributed by atoms with Gasteiger partial charge in [-0.1, -0.05) is 19.1 Å². The minimum absolute atomic E-state index is 0.110. The fraction of sp³-hybridized carbons (Fsp3) is 0.333. The van der Waals surface area contributed by atoms with E-state index in [0.29, 0.717) is 5.56 Å². The molecule has 10 heteroatoms. The van der Waals surface area contributed by atoms with Crippen LogP contribution in [0.4, 0.5) is 19.0 Å². The van der Waals surface area contributed by atoms with Gasteiger partial charge in [0.15, 0.2) is 6.61 Å². The van der Waals surface area contributed by atoms with E-state index in [1.165, 1.54) is 24.4 Å². The van der Waals surface area contributed by atoms with Gasteiger partial charge in [-0.05, 0) is 24.6 Å². The van der Waals surface area contributed by atoms with Crippen LogP contribution in [0.15, 0.2) is 36.5 Å². The van der Waals surface area contributed by atoms with Crippen molar-refractivity contribution in [3.63, 3.8) is 0 Å². The van der Waals surface area contributed by atoms with E-state index in [9.17, 15) is 22.8 Å². The van der Waals surface area contributed by atoms with Gasteiger partial charge >= 0.3 is 6.18 Å². The molecule has 2 rings (SSSR count). The molecule has 0 saturated carbocycles. The molecule has 150 valence electrons. The predicted octanol–water partition coefficient (Wildman–Crippen LogP) is 3.26. The van der Waals surface area contributed by atoms with Crippen molar-refractivity contribution in [2.75, 3.05) is 11.9 Å². The summed E-state index contributed by atoms with van der Waals surface area (Å²) in [6.07, 6.45) is -2.84. The van der Waals surface area contributed by atoms with Crippen molar-refractivity contribution in [2.45, 2.75) is 32.5 Å². The van der Waals surface area contributed by atoms with Gasteiger partial charge in [-0.3, -0.25) is 9.59 Å². The van der Waals surface area contributed by atoms with E-state index in [4.69, 9.17) is 0 Å². The van der Waals surface area contributed by atoms with Gasteiger partial charge in [-0.2, -0.15) is 13.2 Å². The molecule has 0 saturated heterocycles. The van der Waals surface area contributed by atoms with E-state index in [1.54, 1.807) is 26.0 Å². The van der Waals surface area contributed by atoms with Crippen LogP contribution in [0, 0.1) is 0 Å². The maximum atomic E-state index is 12.4. The fourth-order valence-electron chi connectivity index (χ4n) is 2.10. The van der Waals surface area contributed by atoms with Crippen molar-refractivity contribution in [1.29, 1.82) is 0 Å². The van der Waals surface area contributed by atoms with Crippen LogP contribution in [0.25, 0.3) is 0 Å². The third kappa shape index (κ3) is 6.53. The van der Waals surface area contributed by atoms with E-state index in [1.807, 2.05) is 0 Å². The SMILES string of the molecule is CCC(=O)Nc1cccc(C(=O)NC(C)c2ccc(OCC(F)(F)F)nc2)n1. The summed E-state index contributed by atoms with van der Waals surface area (Å²) in [5, 5.41) is 5.27. The second-order valence-electron chi connectivity index (χ2n) is 5.84. The minimum atomic E-state index is -4.44. The topological polar surface area (TPSA) is 93.2 Å². The Morgan fingerprint density at radius 1 is 1.21 bits per heavy atom. The van der Waals surface area contributed by atoms with E-state index in [0.717, 1.165) is 0 Å². The number of halogens is 3. The summed E-state index contributed by atoms with van der Waals surface area (Å²) in [5.74, 6) is -0.601. The smallest absolute Gasteiger partial charge is 0.422 e. The van der Waals surface area contributed by atoms with E-state index in [-0.39, 0.29) is 29.7 Å². The second kappa shape index (κ2) is 9.16. The maximum Gasteiger partial charge on any atom is 0.422 e. The average molecular weight is 396 g/mol. The molecule has 2 amide bonds. The van der Waals surface area contributed by atoms with Crippen LogP contribution >= 0.6 is 0 Å². The Balaban J connectivity index is 1.98. The third-order valence-corrected chi connectivity index (χ3v) is 3.56. The Labute approximate surface area is 159 Å². The number of carbonyl (C=O) groups excluding carboxylic acids is 2. The summed E-state index contributed by atoms with van der Waals surface area (Å²) in [5.41, 5.74) is 0.682. The van der Waals surface area contributed by atoms with Crippen molar-refractivity contribution in [1.82, 2.24) is 15.3 Å². The molecule has 0 spiro atoms. The highest BCUT2D eigenvalue weighted by atomic mass is 19.4. The van der Waals surface area contributed by atoms with Gasteiger partial charge in [0.1, 0.15) is 11.5 Å². The zero-order valence-corrected chi connectivity index (χ0v) is 15.2. The molecule has 2 heterocycles. The number of ether oxygens (including phenoxy) is 1. The van der Waals surface area contributed by atoms with Gasteiger partial charge in [-0.25, -0.2) is 9.97 Å². The lowest BCUT2D eigenvalue weighted by molar-refractivity contribution is -0.154. The Morgan fingerprint density at radius 2 is 1.96 bits per heavy atom. The van der Waals surface area contributed by atoms with Crippen LogP contribution in [-0.2, 0) is 4.79 Å². The third-order valence-electron chi connectivity index (χ3n) is 3.56. The summed E-state index contributed by atoms with van der Waals surface area (Å²) in [6, 6.07) is 6.98. The van der Waals surface area contributed by atoms with Crippen molar-refractivity contribution >= 4 is 17.6 Å². The van der Waals surface area contributed by atoms with Crippen LogP contribution in [-0.4, -0.2) is 34.6 Å². The van der Waals surface area contributed by atoms with Gasteiger partial charge in [-0.15, -0.1) is 0 Å². The van der Waals surface area contributed by atoms with Crippen LogP contribution in [0.3, 0.4) is 0 Å². The molecule has 0 aliphatic rings. The highest BCUT2D eigenvalue weighted by molar-refractivity contribution is 5.94. The van der Waals surface area contributed by atoms with Crippen molar-refractivity contribution in [3.05, 3.63) is 47.8 Å². The fourth-order valence-corrected chi connectivity index (χ4v) is 2.10. The molecule has 0 aliphatic carbocycles. The lowest BCUT2D eigenvalue weighted by Gasteiger charge is -2.15. The molecular formula is C18H19F3N4O3. The molecule has 0 fully saturated rings. The quantitative estimate of drug-likeness (QED) is 0.749. The van der Waals surface area contributed by atoms with Gasteiger partial charge < -0.3 is 15.4 Å². The molecule has 2 N–H and O–H groups in total. The highest BCUT2D eigenvalue weighted by Gasteiger charge is 2.28. The van der Waals surface area contributed by atoms with Gasteiger partial charge in [0.2, 0.25) is 11.8 Å². The number of rotatable bonds is 7. The highest BCUT2D eigenvalue weighted by Crippen LogP contribution is 2.19. The van der Waals surface area contributed by atoms with Crippen molar-refractivity contribution in [2.24, 2.45) is 0 Å². The molecule has 28 heavy (non-hydrogen) atoms. The first-order chi connectivity index (χ1) is 13.2. The number of hydrogen-bond donors (Lipinski definition) is 2. The molecule has 1 atom stereocenters. The number of anilines is 1. The number of hydrogen-bond acceptors (Lipinski definition) is 5. The van der Waals surface area contributed by atoms with Crippen LogP contribution in [0.2, 0.25) is 0 Å². The largest absolute Gasteiger partial charge is 0.468 e. The van der Waals surface area contributed by atoms with Gasteiger partial charge in [0.25, 0.3) is 5.91 Å². The summed E-state index contributed by atoms with van der Waals surface area (Å²) in [7, 11) is 0. The Hall–Kier alpha value is -3.17. The summed E-state index contributed by atoms with van der Waals surface area (Å²) in [4.78, 5) is 31.7. The van der Waals surface area contributed by atoms with Gasteiger partial charge in [0.05, 0.1) is 6.04 Å². The Morgan fingerprint density at radius 3 is 2.57 bits per heavy atom. The molecule has 0 radical (unpaired) electrons. The molecule has 2 aromatic rings. The number of carbonyl (C=O) groups is 2. The van der Waals surface area contributed by atoms with Crippen molar-refractivity contribution in [3.8, 4) is 5.88 Å². The molecule has 1 unspecified atom stereocenters. The maximum absolute atomic E-state index is 12.4. The monoisotopic (exact) mass is 396 g/mol. The molecule has 0 aromatic carbocycles. The normalized spacial score (nSPS) is 12.2. The van der Waals surface area contributed by atoms with E-state index < -0.39 is 24.7 Å². The number of amides is 2. The standard InChI is InChI=1S/C18H19F3N4O3/c1-3-15(26)25-14-6-4-5-13(24-14)17(27)23-11(2)12-7-8-16(22-9-12)28-10-18(19,20)21/h4-9,11H,3,10H2,1-2H3,(H,23,27)(H,24,25,26). The lowest BCUT2D eigenvalue weighted by atomic mass is 10.1. The predicted molar refractivity (Wildman–Crippen MR) is 94.8 cm³/mol. The van der Waals surface area contributed by atoms with Crippen LogP contribution in [0.5, 0.6) is 5.88 Å². The van der Waals surface area contributed by atoms with Gasteiger partial charge in [0, 0.05) is 18.7 Å². The Kier molecular flexibility index (Phi) is 6.91. The number of aromatic nitrogens is 2. The first-order valence-electron chi connectivity index (χ1n) is 8.41. The first-order valence-corrected chi connectivity index (χ1v) is 8.41. The molecule has 0 aliphatic heterocycles.